The fourth-order valence-electron chi connectivity index (χ4n) is 2.51. The molecule has 1 aliphatic rings. The molecule has 0 aromatic heterocycles. The molecule has 0 radical (unpaired) electrons. The number of benzene rings is 1. The van der Waals surface area contributed by atoms with E-state index in [1.54, 1.807) is 0 Å². The van der Waals surface area contributed by atoms with Crippen molar-refractivity contribution in [2.45, 2.75) is 25.9 Å². The lowest BCUT2D eigenvalue weighted by atomic mass is 10.1. The van der Waals surface area contributed by atoms with Gasteiger partial charge in [-0.1, -0.05) is 11.6 Å². The first-order valence-electron chi connectivity index (χ1n) is 7.11. The lowest BCUT2D eigenvalue weighted by Gasteiger charge is -2.32. The number of anilines is 1. The lowest BCUT2D eigenvalue weighted by molar-refractivity contribution is 0.00716. The van der Waals surface area contributed by atoms with E-state index in [2.05, 4.69) is 17.1 Å². The third-order valence-electron chi connectivity index (χ3n) is 3.47. The second-order valence-electron chi connectivity index (χ2n) is 4.95. The Morgan fingerprint density at radius 3 is 2.89 bits per heavy atom. The van der Waals surface area contributed by atoms with Crippen LogP contribution in [0.15, 0.2) is 24.3 Å². The van der Waals surface area contributed by atoms with Crippen molar-refractivity contribution < 1.29 is 4.74 Å². The van der Waals surface area contributed by atoms with Gasteiger partial charge in [-0.15, -0.1) is 0 Å². The number of hydrogen-bond acceptors (Lipinski definition) is 3. The summed E-state index contributed by atoms with van der Waals surface area (Å²) in [5.41, 5.74) is 1.13. The van der Waals surface area contributed by atoms with Crippen molar-refractivity contribution in [2.75, 3.05) is 38.1 Å². The summed E-state index contributed by atoms with van der Waals surface area (Å²) in [4.78, 5) is 2.48. The smallest absolute Gasteiger partial charge is 0.0702 e. The van der Waals surface area contributed by atoms with Crippen molar-refractivity contribution in [1.29, 1.82) is 0 Å². The normalized spacial score (nSPS) is 20.4. The second-order valence-corrected chi connectivity index (χ2v) is 5.39. The van der Waals surface area contributed by atoms with E-state index in [0.717, 1.165) is 37.0 Å². The van der Waals surface area contributed by atoms with E-state index in [1.165, 1.54) is 19.4 Å². The Kier molecular flexibility index (Phi) is 5.95. The first-order chi connectivity index (χ1) is 9.28. The van der Waals surface area contributed by atoms with Gasteiger partial charge in [0.25, 0.3) is 0 Å². The van der Waals surface area contributed by atoms with Crippen LogP contribution >= 0.6 is 11.6 Å². The highest BCUT2D eigenvalue weighted by molar-refractivity contribution is 6.30. The summed E-state index contributed by atoms with van der Waals surface area (Å²) >= 11 is 5.86. The van der Waals surface area contributed by atoms with Crippen LogP contribution in [0.3, 0.4) is 0 Å². The summed E-state index contributed by atoms with van der Waals surface area (Å²) in [6.07, 6.45) is 2.87. The van der Waals surface area contributed by atoms with Crippen LogP contribution in [0.4, 0.5) is 5.69 Å². The predicted octanol–water partition coefficient (Wildman–Crippen LogP) is 3.25. The van der Waals surface area contributed by atoms with Gasteiger partial charge in [-0.25, -0.2) is 0 Å². The van der Waals surface area contributed by atoms with Gasteiger partial charge in [0, 0.05) is 37.0 Å². The van der Waals surface area contributed by atoms with Gasteiger partial charge >= 0.3 is 0 Å². The van der Waals surface area contributed by atoms with Crippen molar-refractivity contribution in [3.8, 4) is 0 Å². The van der Waals surface area contributed by atoms with E-state index in [1.807, 2.05) is 24.3 Å². The SMILES string of the molecule is CCOC1CCCN(CCNc2ccc(Cl)cc2)C1. The molecule has 1 saturated heterocycles. The Morgan fingerprint density at radius 2 is 2.16 bits per heavy atom. The van der Waals surface area contributed by atoms with E-state index in [9.17, 15) is 0 Å². The third-order valence-corrected chi connectivity index (χ3v) is 3.72. The molecule has 1 aromatic rings. The van der Waals surface area contributed by atoms with Gasteiger partial charge in [0.1, 0.15) is 0 Å². The number of rotatable bonds is 6. The Hall–Kier alpha value is -0.770. The van der Waals surface area contributed by atoms with Gasteiger partial charge in [-0.05, 0) is 50.6 Å². The van der Waals surface area contributed by atoms with Crippen LogP contribution in [-0.2, 0) is 4.74 Å². The Morgan fingerprint density at radius 1 is 1.37 bits per heavy atom. The molecule has 1 heterocycles. The van der Waals surface area contributed by atoms with Gasteiger partial charge in [0.15, 0.2) is 0 Å². The van der Waals surface area contributed by atoms with Crippen LogP contribution in [0, 0.1) is 0 Å². The second kappa shape index (κ2) is 7.73. The number of likely N-dealkylation sites (tertiary alicyclic amines) is 1. The largest absolute Gasteiger partial charge is 0.384 e. The molecule has 2 rings (SSSR count). The maximum absolute atomic E-state index is 5.86. The van der Waals surface area contributed by atoms with E-state index < -0.39 is 0 Å². The summed E-state index contributed by atoms with van der Waals surface area (Å²) in [5.74, 6) is 0. The van der Waals surface area contributed by atoms with Crippen LogP contribution in [0.2, 0.25) is 5.02 Å². The monoisotopic (exact) mass is 282 g/mol. The zero-order valence-electron chi connectivity index (χ0n) is 11.6. The molecule has 1 aliphatic heterocycles. The van der Waals surface area contributed by atoms with Gasteiger partial charge in [0.05, 0.1) is 6.10 Å². The summed E-state index contributed by atoms with van der Waals surface area (Å²) in [5, 5.41) is 4.20. The minimum absolute atomic E-state index is 0.425. The molecule has 0 spiro atoms. The zero-order valence-corrected chi connectivity index (χ0v) is 12.3. The number of nitrogens with zero attached hydrogens (tertiary/aromatic N) is 1. The van der Waals surface area contributed by atoms with Crippen molar-refractivity contribution >= 4 is 17.3 Å². The maximum Gasteiger partial charge on any atom is 0.0702 e. The number of hydrogen-bond donors (Lipinski definition) is 1. The molecular formula is C15H23ClN2O. The average molecular weight is 283 g/mol. The molecule has 1 fully saturated rings. The Labute approximate surface area is 120 Å². The average Bonchev–Trinajstić information content (AvgIpc) is 2.42. The highest BCUT2D eigenvalue weighted by Crippen LogP contribution is 2.14. The van der Waals surface area contributed by atoms with Gasteiger partial charge in [-0.2, -0.15) is 0 Å². The molecule has 19 heavy (non-hydrogen) atoms. The van der Waals surface area contributed by atoms with Crippen LogP contribution in [-0.4, -0.2) is 43.8 Å². The Bertz CT molecular complexity index is 367. The standard InChI is InChI=1S/C15H23ClN2O/c1-2-19-15-4-3-10-18(12-15)11-9-17-14-7-5-13(16)6-8-14/h5-8,15,17H,2-4,9-12H2,1H3. The number of piperidine rings is 1. The van der Waals surface area contributed by atoms with E-state index >= 15 is 0 Å². The van der Waals surface area contributed by atoms with Gasteiger partial charge in [0.2, 0.25) is 0 Å². The predicted molar refractivity (Wildman–Crippen MR) is 81.0 cm³/mol. The molecule has 106 valence electrons. The van der Waals surface area contributed by atoms with E-state index in [4.69, 9.17) is 16.3 Å². The lowest BCUT2D eigenvalue weighted by Crippen LogP contribution is -2.41. The van der Waals surface area contributed by atoms with Crippen molar-refractivity contribution in [3.63, 3.8) is 0 Å². The molecule has 0 saturated carbocycles. The third kappa shape index (κ3) is 5.01. The van der Waals surface area contributed by atoms with Crippen molar-refractivity contribution in [3.05, 3.63) is 29.3 Å². The zero-order chi connectivity index (χ0) is 13.5. The number of halogens is 1. The van der Waals surface area contributed by atoms with Crippen LogP contribution in [0.1, 0.15) is 19.8 Å². The minimum atomic E-state index is 0.425. The maximum atomic E-state index is 5.86. The number of nitrogens with one attached hydrogen (secondary N) is 1. The molecule has 1 unspecified atom stereocenters. The molecule has 1 aromatic carbocycles. The fraction of sp³-hybridized carbons (Fsp3) is 0.600. The minimum Gasteiger partial charge on any atom is -0.384 e. The van der Waals surface area contributed by atoms with Crippen molar-refractivity contribution in [2.24, 2.45) is 0 Å². The molecule has 0 bridgehead atoms. The number of ether oxygens (including phenoxy) is 1. The summed E-state index contributed by atoms with van der Waals surface area (Å²) in [7, 11) is 0. The molecule has 0 amide bonds. The Balaban J connectivity index is 1.69. The molecule has 0 aliphatic carbocycles. The molecule has 1 N–H and O–H groups in total. The molecule has 4 heteroatoms. The van der Waals surface area contributed by atoms with Crippen LogP contribution < -0.4 is 5.32 Å². The highest BCUT2D eigenvalue weighted by atomic mass is 35.5. The van der Waals surface area contributed by atoms with Gasteiger partial charge < -0.3 is 10.1 Å². The molecular weight excluding hydrogens is 260 g/mol. The topological polar surface area (TPSA) is 24.5 Å². The first kappa shape index (κ1) is 14.6. The molecule has 3 nitrogen and oxygen atoms in total. The highest BCUT2D eigenvalue weighted by Gasteiger charge is 2.19. The first-order valence-corrected chi connectivity index (χ1v) is 7.49. The fourth-order valence-corrected chi connectivity index (χ4v) is 2.64. The van der Waals surface area contributed by atoms with E-state index in [0.29, 0.717) is 6.10 Å². The summed E-state index contributed by atoms with van der Waals surface area (Å²) in [6.45, 7) is 7.16. The quantitative estimate of drug-likeness (QED) is 0.867. The summed E-state index contributed by atoms with van der Waals surface area (Å²) < 4.78 is 5.71. The summed E-state index contributed by atoms with van der Waals surface area (Å²) in [6, 6.07) is 7.86. The van der Waals surface area contributed by atoms with Crippen molar-refractivity contribution in [1.82, 2.24) is 4.90 Å². The van der Waals surface area contributed by atoms with Crippen LogP contribution in [0.5, 0.6) is 0 Å². The van der Waals surface area contributed by atoms with E-state index in [-0.39, 0.29) is 0 Å². The van der Waals surface area contributed by atoms with Gasteiger partial charge in [-0.3, -0.25) is 4.90 Å². The molecule has 1 atom stereocenters. The van der Waals surface area contributed by atoms with Crippen LogP contribution in [0.25, 0.3) is 0 Å².